The van der Waals surface area contributed by atoms with Crippen molar-refractivity contribution in [2.24, 2.45) is 0 Å². The zero-order valence-electron chi connectivity index (χ0n) is 12.0. The minimum absolute atomic E-state index is 0.0411. The van der Waals surface area contributed by atoms with Crippen molar-refractivity contribution in [2.45, 2.75) is 38.8 Å². The molecule has 1 unspecified atom stereocenters. The van der Waals surface area contributed by atoms with E-state index in [9.17, 15) is 0 Å². The average molecular weight is 334 g/mol. The fourth-order valence-corrected chi connectivity index (χ4v) is 3.25. The number of halogens is 1. The van der Waals surface area contributed by atoms with Gasteiger partial charge < -0.3 is 9.88 Å². The van der Waals surface area contributed by atoms with Gasteiger partial charge in [-0.05, 0) is 31.0 Å². The molecule has 2 heterocycles. The third-order valence-corrected chi connectivity index (χ3v) is 4.82. The van der Waals surface area contributed by atoms with Crippen molar-refractivity contribution in [1.82, 2.24) is 14.9 Å². The summed E-state index contributed by atoms with van der Waals surface area (Å²) in [4.78, 5) is 4.63. The van der Waals surface area contributed by atoms with E-state index in [4.69, 9.17) is 0 Å². The Kier molecular flexibility index (Phi) is 3.69. The molecule has 0 fully saturated rings. The van der Waals surface area contributed by atoms with Gasteiger partial charge in [-0.25, -0.2) is 4.98 Å². The van der Waals surface area contributed by atoms with E-state index in [0.29, 0.717) is 0 Å². The van der Waals surface area contributed by atoms with Crippen LogP contribution >= 0.6 is 15.9 Å². The Morgan fingerprint density at radius 2 is 2.10 bits per heavy atom. The van der Waals surface area contributed by atoms with Crippen LogP contribution in [0.5, 0.6) is 0 Å². The van der Waals surface area contributed by atoms with Crippen molar-refractivity contribution in [3.8, 4) is 0 Å². The second kappa shape index (κ2) is 5.34. The third-order valence-electron chi connectivity index (χ3n) is 4.29. The number of hydrogen-bond donors (Lipinski definition) is 1. The second-order valence-electron chi connectivity index (χ2n) is 5.66. The normalized spacial score (nSPS) is 21.8. The van der Waals surface area contributed by atoms with Crippen molar-refractivity contribution < 1.29 is 0 Å². The van der Waals surface area contributed by atoms with E-state index in [0.717, 1.165) is 30.4 Å². The number of nitrogens with one attached hydrogen (secondary N) is 1. The van der Waals surface area contributed by atoms with Crippen LogP contribution in [0, 0.1) is 0 Å². The van der Waals surface area contributed by atoms with E-state index >= 15 is 0 Å². The molecule has 0 bridgehead atoms. The first-order valence-electron chi connectivity index (χ1n) is 7.16. The number of nitrogens with zero attached hydrogens (tertiary/aromatic N) is 2. The second-order valence-corrected chi connectivity index (χ2v) is 6.57. The van der Waals surface area contributed by atoms with Gasteiger partial charge in [-0.2, -0.15) is 0 Å². The lowest BCUT2D eigenvalue weighted by Crippen LogP contribution is -2.45. The van der Waals surface area contributed by atoms with Crippen LogP contribution in [0.25, 0.3) is 0 Å². The van der Waals surface area contributed by atoms with Crippen molar-refractivity contribution in [1.29, 1.82) is 0 Å². The molecule has 1 aliphatic rings. The Labute approximate surface area is 128 Å². The Hall–Kier alpha value is -1.13. The molecule has 0 saturated heterocycles. The van der Waals surface area contributed by atoms with E-state index in [1.165, 1.54) is 17.0 Å². The molecule has 4 heteroatoms. The maximum absolute atomic E-state index is 4.63. The van der Waals surface area contributed by atoms with Gasteiger partial charge >= 0.3 is 0 Å². The molecule has 1 aromatic heterocycles. The highest BCUT2D eigenvalue weighted by atomic mass is 79.9. The van der Waals surface area contributed by atoms with E-state index in [2.05, 4.69) is 68.9 Å². The molecule has 0 aliphatic carbocycles. The predicted octanol–water partition coefficient (Wildman–Crippen LogP) is 3.46. The average Bonchev–Trinajstić information content (AvgIpc) is 2.86. The van der Waals surface area contributed by atoms with Crippen LogP contribution in [-0.2, 0) is 18.5 Å². The van der Waals surface area contributed by atoms with Crippen LogP contribution < -0.4 is 5.32 Å². The minimum atomic E-state index is 0.0411. The van der Waals surface area contributed by atoms with E-state index in [1.807, 2.05) is 6.33 Å². The van der Waals surface area contributed by atoms with Gasteiger partial charge in [0.15, 0.2) is 0 Å². The summed E-state index contributed by atoms with van der Waals surface area (Å²) in [5.74, 6) is 0. The summed E-state index contributed by atoms with van der Waals surface area (Å²) in [6.45, 7) is 6.42. The quantitative estimate of drug-likeness (QED) is 0.932. The first-order chi connectivity index (χ1) is 9.62. The molecule has 0 saturated carbocycles. The zero-order valence-corrected chi connectivity index (χ0v) is 13.6. The summed E-state index contributed by atoms with van der Waals surface area (Å²) in [6, 6.07) is 8.51. The molecule has 1 aliphatic heterocycles. The molecule has 20 heavy (non-hydrogen) atoms. The fraction of sp³-hybridized carbons (Fsp3) is 0.438. The van der Waals surface area contributed by atoms with Gasteiger partial charge in [-0.15, -0.1) is 0 Å². The Bertz CT molecular complexity index is 603. The van der Waals surface area contributed by atoms with E-state index in [-0.39, 0.29) is 5.54 Å². The lowest BCUT2D eigenvalue weighted by molar-refractivity contribution is 0.314. The van der Waals surface area contributed by atoms with Crippen LogP contribution in [0.2, 0.25) is 0 Å². The molecule has 0 amide bonds. The zero-order chi connectivity index (χ0) is 14.2. The summed E-state index contributed by atoms with van der Waals surface area (Å²) in [7, 11) is 0. The molecule has 1 N–H and O–H groups in total. The lowest BCUT2D eigenvalue weighted by Gasteiger charge is -2.35. The number of rotatable bonds is 3. The van der Waals surface area contributed by atoms with Crippen molar-refractivity contribution in [2.75, 3.05) is 6.54 Å². The molecule has 0 spiro atoms. The van der Waals surface area contributed by atoms with Gasteiger partial charge in [0.2, 0.25) is 0 Å². The van der Waals surface area contributed by atoms with Gasteiger partial charge in [0.05, 0.1) is 23.3 Å². The Balaban J connectivity index is 1.95. The summed E-state index contributed by atoms with van der Waals surface area (Å²) in [6.07, 6.45) is 4.10. The van der Waals surface area contributed by atoms with Crippen LogP contribution in [0.15, 0.2) is 35.1 Å². The molecule has 0 radical (unpaired) electrons. The first-order valence-corrected chi connectivity index (χ1v) is 7.95. The highest BCUT2D eigenvalue weighted by Crippen LogP contribution is 2.31. The van der Waals surface area contributed by atoms with Crippen molar-refractivity contribution in [3.63, 3.8) is 0 Å². The summed E-state index contributed by atoms with van der Waals surface area (Å²) in [5, 5.41) is 3.65. The standard InChI is InChI=1S/C16H20BrN3/c1-3-16(2)15-14(8-9-19-16)18-11-20(15)10-12-4-6-13(17)7-5-12/h4-7,11,19H,3,8-10H2,1-2H3. The lowest BCUT2D eigenvalue weighted by atomic mass is 9.88. The molecule has 3 nitrogen and oxygen atoms in total. The monoisotopic (exact) mass is 333 g/mol. The Morgan fingerprint density at radius 3 is 2.80 bits per heavy atom. The number of aromatic nitrogens is 2. The third kappa shape index (κ3) is 2.42. The Morgan fingerprint density at radius 1 is 1.35 bits per heavy atom. The maximum Gasteiger partial charge on any atom is 0.0955 e. The largest absolute Gasteiger partial charge is 0.328 e. The van der Waals surface area contributed by atoms with Gasteiger partial charge in [0.1, 0.15) is 0 Å². The van der Waals surface area contributed by atoms with E-state index in [1.54, 1.807) is 0 Å². The SMILES string of the molecule is CCC1(C)NCCc2ncn(Cc3ccc(Br)cc3)c21. The first kappa shape index (κ1) is 13.8. The predicted molar refractivity (Wildman–Crippen MR) is 84.8 cm³/mol. The summed E-state index contributed by atoms with van der Waals surface area (Å²) in [5.41, 5.74) is 3.95. The van der Waals surface area contributed by atoms with Crippen LogP contribution in [0.3, 0.4) is 0 Å². The van der Waals surface area contributed by atoms with Gasteiger partial charge in [-0.3, -0.25) is 0 Å². The van der Waals surface area contributed by atoms with Crippen molar-refractivity contribution >= 4 is 15.9 Å². The summed E-state index contributed by atoms with van der Waals surface area (Å²) >= 11 is 3.48. The van der Waals surface area contributed by atoms with E-state index < -0.39 is 0 Å². The highest BCUT2D eigenvalue weighted by molar-refractivity contribution is 9.10. The maximum atomic E-state index is 4.63. The molecular weight excluding hydrogens is 314 g/mol. The highest BCUT2D eigenvalue weighted by Gasteiger charge is 2.33. The number of imidazole rings is 1. The minimum Gasteiger partial charge on any atom is -0.328 e. The molecule has 1 atom stereocenters. The molecule has 2 aromatic rings. The van der Waals surface area contributed by atoms with Crippen LogP contribution in [0.4, 0.5) is 0 Å². The van der Waals surface area contributed by atoms with Crippen LogP contribution in [-0.4, -0.2) is 16.1 Å². The van der Waals surface area contributed by atoms with Gasteiger partial charge in [0, 0.05) is 24.0 Å². The molecule has 1 aromatic carbocycles. The number of benzene rings is 1. The smallest absolute Gasteiger partial charge is 0.0955 e. The molecule has 3 rings (SSSR count). The molecule has 106 valence electrons. The summed E-state index contributed by atoms with van der Waals surface area (Å²) < 4.78 is 3.42. The number of hydrogen-bond acceptors (Lipinski definition) is 2. The number of fused-ring (bicyclic) bond motifs is 1. The van der Waals surface area contributed by atoms with Crippen molar-refractivity contribution in [3.05, 3.63) is 52.0 Å². The fourth-order valence-electron chi connectivity index (χ4n) is 2.98. The molecular formula is C16H20BrN3. The van der Waals surface area contributed by atoms with Gasteiger partial charge in [0.25, 0.3) is 0 Å². The topological polar surface area (TPSA) is 29.9 Å². The van der Waals surface area contributed by atoms with Gasteiger partial charge in [-0.1, -0.05) is 35.0 Å². The van der Waals surface area contributed by atoms with Crippen LogP contribution in [0.1, 0.15) is 37.2 Å².